The molecule has 0 atom stereocenters. The third kappa shape index (κ3) is 3.45. The summed E-state index contributed by atoms with van der Waals surface area (Å²) in [6.45, 7) is 0. The molecule has 0 saturated heterocycles. The summed E-state index contributed by atoms with van der Waals surface area (Å²) in [5.74, 6) is -0.688. The molecular weight excluding hydrogens is 256 g/mol. The summed E-state index contributed by atoms with van der Waals surface area (Å²) < 4.78 is 0. The van der Waals surface area contributed by atoms with E-state index >= 15 is 0 Å². The standard InChI is InChI=1S/C15H14N2OS/c16-15(19)17-14(18)13(11-7-3-1-4-8-11)12-9-5-2-6-10-12/h1-10,13H,(H3,16,17,18,19). The number of amides is 1. The van der Waals surface area contributed by atoms with E-state index in [-0.39, 0.29) is 11.1 Å². The quantitative estimate of drug-likeness (QED) is 0.448. The number of amidine groups is 1. The minimum atomic E-state index is -0.435. The van der Waals surface area contributed by atoms with Gasteiger partial charge in [0, 0.05) is 0 Å². The van der Waals surface area contributed by atoms with Gasteiger partial charge in [0.15, 0.2) is 5.17 Å². The third-order valence-corrected chi connectivity index (χ3v) is 2.88. The Bertz CT molecular complexity index is 530. The van der Waals surface area contributed by atoms with Crippen LogP contribution in [0.5, 0.6) is 0 Å². The smallest absolute Gasteiger partial charge is 0.237 e. The average molecular weight is 270 g/mol. The van der Waals surface area contributed by atoms with Crippen LogP contribution in [-0.2, 0) is 4.79 Å². The van der Waals surface area contributed by atoms with Crippen LogP contribution in [0.4, 0.5) is 0 Å². The van der Waals surface area contributed by atoms with Gasteiger partial charge in [-0.25, -0.2) is 0 Å². The highest BCUT2D eigenvalue weighted by Gasteiger charge is 2.22. The number of benzene rings is 2. The Morgan fingerprint density at radius 2 is 1.37 bits per heavy atom. The van der Waals surface area contributed by atoms with Crippen molar-refractivity contribution >= 4 is 23.7 Å². The van der Waals surface area contributed by atoms with Gasteiger partial charge in [0.05, 0.1) is 5.92 Å². The van der Waals surface area contributed by atoms with Gasteiger partial charge in [-0.3, -0.25) is 10.2 Å². The average Bonchev–Trinajstić information content (AvgIpc) is 2.40. The largest absolute Gasteiger partial charge is 0.305 e. The van der Waals surface area contributed by atoms with Gasteiger partial charge in [-0.1, -0.05) is 60.7 Å². The lowest BCUT2D eigenvalue weighted by Crippen LogP contribution is -2.32. The molecule has 1 amide bonds. The van der Waals surface area contributed by atoms with Crippen molar-refractivity contribution in [1.29, 1.82) is 5.41 Å². The minimum absolute atomic E-state index is 0.151. The van der Waals surface area contributed by atoms with Gasteiger partial charge < -0.3 is 5.32 Å². The Labute approximate surface area is 117 Å². The molecule has 0 saturated carbocycles. The molecule has 0 aromatic heterocycles. The number of carbonyl (C=O) groups excluding carboxylic acids is 1. The first-order valence-corrected chi connectivity index (χ1v) is 6.31. The second-order valence-corrected chi connectivity index (χ2v) is 4.54. The van der Waals surface area contributed by atoms with Gasteiger partial charge in [-0.05, 0) is 11.1 Å². The molecule has 0 aliphatic carbocycles. The van der Waals surface area contributed by atoms with Crippen LogP contribution in [0, 0.1) is 5.41 Å². The fraction of sp³-hybridized carbons (Fsp3) is 0.0667. The molecule has 2 N–H and O–H groups in total. The Morgan fingerprint density at radius 3 is 1.74 bits per heavy atom. The van der Waals surface area contributed by atoms with Gasteiger partial charge >= 0.3 is 0 Å². The van der Waals surface area contributed by atoms with Gasteiger partial charge in [-0.15, -0.1) is 12.6 Å². The predicted molar refractivity (Wildman–Crippen MR) is 79.6 cm³/mol. The molecule has 3 nitrogen and oxygen atoms in total. The number of thiol groups is 1. The fourth-order valence-electron chi connectivity index (χ4n) is 1.98. The molecule has 4 heteroatoms. The molecule has 0 bridgehead atoms. The number of rotatable bonds is 3. The second kappa shape index (κ2) is 6.20. The van der Waals surface area contributed by atoms with E-state index in [1.165, 1.54) is 0 Å². The summed E-state index contributed by atoms with van der Waals surface area (Å²) in [5.41, 5.74) is 1.78. The number of hydrogen-bond acceptors (Lipinski definition) is 2. The van der Waals surface area contributed by atoms with Crippen LogP contribution < -0.4 is 5.32 Å². The third-order valence-electron chi connectivity index (χ3n) is 2.77. The highest BCUT2D eigenvalue weighted by molar-refractivity contribution is 7.96. The zero-order chi connectivity index (χ0) is 13.7. The van der Waals surface area contributed by atoms with Crippen molar-refractivity contribution in [1.82, 2.24) is 5.32 Å². The zero-order valence-electron chi connectivity index (χ0n) is 10.2. The van der Waals surface area contributed by atoms with Gasteiger partial charge in [0.2, 0.25) is 5.91 Å². The highest BCUT2D eigenvalue weighted by atomic mass is 32.1. The van der Waals surface area contributed by atoms with E-state index < -0.39 is 5.92 Å². The first kappa shape index (κ1) is 13.4. The number of carbonyl (C=O) groups is 1. The van der Waals surface area contributed by atoms with E-state index in [1.807, 2.05) is 60.7 Å². The first-order valence-electron chi connectivity index (χ1n) is 5.87. The van der Waals surface area contributed by atoms with Crippen LogP contribution >= 0.6 is 12.6 Å². The second-order valence-electron chi connectivity index (χ2n) is 4.09. The molecule has 2 aromatic carbocycles. The van der Waals surface area contributed by atoms with Gasteiger partial charge in [0.1, 0.15) is 0 Å². The monoisotopic (exact) mass is 270 g/mol. The van der Waals surface area contributed by atoms with Crippen LogP contribution in [0.15, 0.2) is 60.7 Å². The summed E-state index contributed by atoms with van der Waals surface area (Å²) >= 11 is 3.81. The van der Waals surface area contributed by atoms with Crippen molar-refractivity contribution in [3.05, 3.63) is 71.8 Å². The topological polar surface area (TPSA) is 53.0 Å². The van der Waals surface area contributed by atoms with Crippen molar-refractivity contribution in [3.8, 4) is 0 Å². The fourth-order valence-corrected chi connectivity index (χ4v) is 2.09. The van der Waals surface area contributed by atoms with Crippen molar-refractivity contribution in [3.63, 3.8) is 0 Å². The molecule has 96 valence electrons. The minimum Gasteiger partial charge on any atom is -0.305 e. The highest BCUT2D eigenvalue weighted by Crippen LogP contribution is 2.24. The summed E-state index contributed by atoms with van der Waals surface area (Å²) in [5, 5.41) is 9.57. The maximum atomic E-state index is 12.3. The zero-order valence-corrected chi connectivity index (χ0v) is 11.1. The van der Waals surface area contributed by atoms with Crippen molar-refractivity contribution in [2.75, 3.05) is 0 Å². The SMILES string of the molecule is N=C(S)NC(=O)C(c1ccccc1)c1ccccc1. The predicted octanol–water partition coefficient (Wildman–Crippen LogP) is 2.80. The molecule has 0 spiro atoms. The molecule has 19 heavy (non-hydrogen) atoms. The van der Waals surface area contributed by atoms with Crippen LogP contribution in [0.25, 0.3) is 0 Å². The van der Waals surface area contributed by atoms with E-state index in [9.17, 15) is 4.79 Å². The van der Waals surface area contributed by atoms with E-state index in [1.54, 1.807) is 0 Å². The van der Waals surface area contributed by atoms with E-state index in [0.717, 1.165) is 11.1 Å². The lowest BCUT2D eigenvalue weighted by atomic mass is 9.90. The molecule has 0 unspecified atom stereocenters. The summed E-state index contributed by atoms with van der Waals surface area (Å²) in [6, 6.07) is 19.0. The molecule has 0 aliphatic heterocycles. The lowest BCUT2D eigenvalue weighted by molar-refractivity contribution is -0.120. The molecular formula is C15H14N2OS. The van der Waals surface area contributed by atoms with Crippen LogP contribution in [0.2, 0.25) is 0 Å². The number of hydrogen-bond donors (Lipinski definition) is 3. The molecule has 0 radical (unpaired) electrons. The van der Waals surface area contributed by atoms with Crippen molar-refractivity contribution in [2.24, 2.45) is 0 Å². The van der Waals surface area contributed by atoms with Crippen LogP contribution in [0.1, 0.15) is 17.0 Å². The Balaban J connectivity index is 2.40. The van der Waals surface area contributed by atoms with Crippen molar-refractivity contribution < 1.29 is 4.79 Å². The molecule has 2 rings (SSSR count). The maximum absolute atomic E-state index is 12.3. The summed E-state index contributed by atoms with van der Waals surface area (Å²) in [7, 11) is 0. The summed E-state index contributed by atoms with van der Waals surface area (Å²) in [6.07, 6.45) is 0. The van der Waals surface area contributed by atoms with Gasteiger partial charge in [-0.2, -0.15) is 0 Å². The molecule has 0 aliphatic rings. The lowest BCUT2D eigenvalue weighted by Gasteiger charge is -2.17. The Hall–Kier alpha value is -2.07. The molecule has 0 heterocycles. The van der Waals surface area contributed by atoms with Gasteiger partial charge in [0.25, 0.3) is 0 Å². The van der Waals surface area contributed by atoms with E-state index in [4.69, 9.17) is 5.41 Å². The Kier molecular flexibility index (Phi) is 4.36. The van der Waals surface area contributed by atoms with Crippen LogP contribution in [0.3, 0.4) is 0 Å². The maximum Gasteiger partial charge on any atom is 0.237 e. The van der Waals surface area contributed by atoms with E-state index in [2.05, 4.69) is 17.9 Å². The molecule has 2 aromatic rings. The summed E-state index contributed by atoms with van der Waals surface area (Å²) in [4.78, 5) is 12.3. The van der Waals surface area contributed by atoms with Crippen molar-refractivity contribution in [2.45, 2.75) is 5.92 Å². The Morgan fingerprint density at radius 1 is 0.947 bits per heavy atom. The van der Waals surface area contributed by atoms with Crippen LogP contribution in [-0.4, -0.2) is 11.1 Å². The first-order chi connectivity index (χ1) is 9.18. The molecule has 0 fully saturated rings. The normalized spacial score (nSPS) is 10.2. The van der Waals surface area contributed by atoms with E-state index in [0.29, 0.717) is 0 Å². The number of nitrogens with one attached hydrogen (secondary N) is 2.